The van der Waals surface area contributed by atoms with E-state index in [0.29, 0.717) is 23.7 Å². The van der Waals surface area contributed by atoms with Crippen LogP contribution in [0.15, 0.2) is 84.0 Å². The Kier molecular flexibility index (Phi) is 29.0. The lowest BCUT2D eigenvalue weighted by Gasteiger charge is -2.25. The van der Waals surface area contributed by atoms with E-state index in [4.69, 9.17) is 0 Å². The molecule has 3 aliphatic heterocycles. The molecule has 0 spiro atoms. The quantitative estimate of drug-likeness (QED) is 0.194. The Hall–Kier alpha value is -3.60. The number of rotatable bonds is 7. The molecule has 4 aromatic rings. The van der Waals surface area contributed by atoms with E-state index in [-0.39, 0.29) is 0 Å². The average Bonchev–Trinajstić information content (AvgIpc) is 4.14. The molecule has 4 nitrogen and oxygen atoms in total. The van der Waals surface area contributed by atoms with E-state index in [1.54, 1.807) is 11.1 Å². The van der Waals surface area contributed by atoms with Crippen LogP contribution in [0, 0.1) is 35.5 Å². The number of piperidine rings is 1. The van der Waals surface area contributed by atoms with Gasteiger partial charge in [-0.15, -0.1) is 0 Å². The summed E-state index contributed by atoms with van der Waals surface area (Å²) < 4.78 is 0. The van der Waals surface area contributed by atoms with Crippen LogP contribution in [0.1, 0.15) is 254 Å². The zero-order valence-electron chi connectivity index (χ0n) is 49.6. The van der Waals surface area contributed by atoms with Crippen molar-refractivity contribution >= 4 is 11.9 Å². The van der Waals surface area contributed by atoms with Gasteiger partial charge in [0.05, 0.1) is 5.69 Å². The molecule has 4 heteroatoms. The van der Waals surface area contributed by atoms with Gasteiger partial charge in [0.1, 0.15) is 0 Å². The Bertz CT molecular complexity index is 2000. The molecule has 3 aromatic carbocycles. The van der Waals surface area contributed by atoms with Gasteiger partial charge < -0.3 is 10.6 Å². The number of hydrogen-bond donors (Lipinski definition) is 2. The van der Waals surface area contributed by atoms with Gasteiger partial charge in [-0.2, -0.15) is 0 Å². The first kappa shape index (κ1) is 61.9. The lowest BCUT2D eigenvalue weighted by Crippen LogP contribution is -2.32. The van der Waals surface area contributed by atoms with Crippen molar-refractivity contribution in [2.24, 2.45) is 40.5 Å². The highest BCUT2D eigenvalue weighted by molar-refractivity contribution is 5.76. The molecule has 4 heterocycles. The maximum atomic E-state index is 4.50. The second-order valence-corrected chi connectivity index (χ2v) is 24.8. The zero-order valence-corrected chi connectivity index (χ0v) is 49.6. The average molecular weight is 996 g/mol. The summed E-state index contributed by atoms with van der Waals surface area (Å²) in [6.07, 6.45) is 27.7. The standard InChI is InChI=1S/C13H18.C11H16N2.C11H13N.C9H18.C9H12.C8H17N.C8H16/c1-10(2)12-8-7-11-5-3-4-6-13(11)9-12;1-8(2)9-5-10-6-12-4-3-11(10)13-7-9;1-8(2)10-4-3-9-5-6-12-11(9)7-10;2*1-8(2)9-6-4-3-5-7-9;1-7(2)8-4-3-5-9-6-8;1-7(2)8-5-3-4-6-8/h7-10H,3-6H2,1-2H3;5,7-8,12H,3-4,6H2,1-2H3;3-4,6-8H,5H2,1-2H3;8-9H,3-7H2,1-2H3;3-8H,1-2H3;7-9H,3-6H2,1-2H3;7-8H,3-6H2,1-2H3. The largest absolute Gasteiger partial charge is 0.316 e. The number of nitrogens with zero attached hydrogens (tertiary/aromatic N) is 2. The molecular weight excluding hydrogens is 885 g/mol. The zero-order chi connectivity index (χ0) is 53.1. The van der Waals surface area contributed by atoms with Crippen molar-refractivity contribution in [1.29, 1.82) is 0 Å². The maximum Gasteiger partial charge on any atom is 0.0664 e. The van der Waals surface area contributed by atoms with Gasteiger partial charge >= 0.3 is 0 Å². The minimum Gasteiger partial charge on any atom is -0.316 e. The third kappa shape index (κ3) is 23.0. The number of aromatic nitrogens is 1. The Labute approximate surface area is 451 Å². The molecule has 1 unspecified atom stereocenters. The van der Waals surface area contributed by atoms with Gasteiger partial charge in [0, 0.05) is 44.0 Å². The highest BCUT2D eigenvalue weighted by Crippen LogP contribution is 2.32. The Morgan fingerprint density at radius 1 is 0.425 bits per heavy atom. The molecular formula is C69H110N4. The van der Waals surface area contributed by atoms with Crippen molar-refractivity contribution < 1.29 is 0 Å². The number of fused-ring (bicyclic) bond motifs is 3. The molecule has 6 aliphatic rings. The number of benzene rings is 3. The van der Waals surface area contributed by atoms with Gasteiger partial charge in [0.15, 0.2) is 0 Å². The first-order valence-electron chi connectivity index (χ1n) is 30.2. The maximum absolute atomic E-state index is 4.50. The predicted octanol–water partition coefficient (Wildman–Crippen LogP) is 19.1. The van der Waals surface area contributed by atoms with E-state index in [1.807, 2.05) is 18.5 Å². The number of pyridine rings is 1. The lowest BCUT2D eigenvalue weighted by atomic mass is 9.82. The highest BCUT2D eigenvalue weighted by Gasteiger charge is 2.19. The summed E-state index contributed by atoms with van der Waals surface area (Å²) in [5.41, 5.74) is 14.0. The van der Waals surface area contributed by atoms with Gasteiger partial charge in [0.25, 0.3) is 0 Å². The number of aliphatic imine (C=N–C) groups is 1. The van der Waals surface area contributed by atoms with Crippen LogP contribution in [-0.4, -0.2) is 30.8 Å². The van der Waals surface area contributed by atoms with E-state index in [1.165, 1.54) is 154 Å². The van der Waals surface area contributed by atoms with Crippen LogP contribution in [0.4, 0.5) is 5.69 Å². The van der Waals surface area contributed by atoms with Crippen LogP contribution < -0.4 is 10.6 Å². The van der Waals surface area contributed by atoms with Crippen LogP contribution in [-0.2, 0) is 32.2 Å². The highest BCUT2D eigenvalue weighted by atomic mass is 14.9. The summed E-state index contributed by atoms with van der Waals surface area (Å²) >= 11 is 0. The molecule has 2 saturated carbocycles. The summed E-state index contributed by atoms with van der Waals surface area (Å²) in [5, 5.41) is 6.78. The first-order valence-corrected chi connectivity index (χ1v) is 30.2. The van der Waals surface area contributed by atoms with E-state index in [0.717, 1.165) is 61.4 Å². The van der Waals surface area contributed by atoms with Crippen LogP contribution in [0.2, 0.25) is 0 Å². The summed E-state index contributed by atoms with van der Waals surface area (Å²) in [5.74, 6) is 8.33. The second-order valence-electron chi connectivity index (χ2n) is 24.8. The molecule has 0 bridgehead atoms. The smallest absolute Gasteiger partial charge is 0.0664 e. The number of aryl methyl sites for hydroxylation is 2. The molecule has 3 aliphatic carbocycles. The molecule has 1 saturated heterocycles. The number of hydrogen-bond acceptors (Lipinski definition) is 4. The minimum atomic E-state index is 0.583. The number of nitrogens with one attached hydrogen (secondary N) is 2. The van der Waals surface area contributed by atoms with Crippen LogP contribution in [0.25, 0.3) is 0 Å². The molecule has 406 valence electrons. The molecule has 10 rings (SSSR count). The van der Waals surface area contributed by atoms with E-state index in [9.17, 15) is 0 Å². The van der Waals surface area contributed by atoms with Crippen molar-refractivity contribution in [3.8, 4) is 0 Å². The molecule has 1 atom stereocenters. The van der Waals surface area contributed by atoms with Gasteiger partial charge in [-0.05, 0) is 161 Å². The van der Waals surface area contributed by atoms with Gasteiger partial charge in [-0.1, -0.05) is 221 Å². The predicted molar refractivity (Wildman–Crippen MR) is 322 cm³/mol. The summed E-state index contributed by atoms with van der Waals surface area (Å²) in [6, 6.07) is 26.5. The SMILES string of the molecule is CC(C)C1CCCC1.CC(C)C1CCCCC1.CC(C)C1CCCNC1.CC(C)c1ccc2c(c1)CCCC2.CC(C)c1ccc2c(c1)N=CC2.CC(C)c1ccccc1.CC(C)c1cnc2c(c1)CNCC2. The molecule has 73 heavy (non-hydrogen) atoms. The first-order chi connectivity index (χ1) is 35.0. The third-order valence-electron chi connectivity index (χ3n) is 16.6. The summed E-state index contributed by atoms with van der Waals surface area (Å²) in [4.78, 5) is 8.82. The fraction of sp³-hybridized carbons (Fsp3) is 0.652. The molecule has 0 amide bonds. The topological polar surface area (TPSA) is 49.3 Å². The van der Waals surface area contributed by atoms with Crippen molar-refractivity contribution in [3.63, 3.8) is 0 Å². The molecule has 3 fully saturated rings. The van der Waals surface area contributed by atoms with E-state index in [2.05, 4.69) is 184 Å². The normalized spacial score (nSPS) is 18.1. The van der Waals surface area contributed by atoms with Crippen LogP contribution >= 0.6 is 0 Å². The van der Waals surface area contributed by atoms with Crippen LogP contribution in [0.5, 0.6) is 0 Å². The van der Waals surface area contributed by atoms with Gasteiger partial charge in [-0.3, -0.25) is 9.98 Å². The fourth-order valence-corrected chi connectivity index (χ4v) is 11.0. The van der Waals surface area contributed by atoms with E-state index < -0.39 is 0 Å². The monoisotopic (exact) mass is 995 g/mol. The van der Waals surface area contributed by atoms with Crippen molar-refractivity contribution in [3.05, 3.63) is 129 Å². The van der Waals surface area contributed by atoms with Crippen molar-refractivity contribution in [2.45, 2.75) is 236 Å². The van der Waals surface area contributed by atoms with Crippen molar-refractivity contribution in [1.82, 2.24) is 15.6 Å². The second kappa shape index (κ2) is 34.1. The molecule has 2 N–H and O–H groups in total. The Balaban J connectivity index is 0.000000186. The summed E-state index contributed by atoms with van der Waals surface area (Å²) in [6.45, 7) is 36.4. The van der Waals surface area contributed by atoms with Crippen molar-refractivity contribution in [2.75, 3.05) is 19.6 Å². The minimum absolute atomic E-state index is 0.583. The summed E-state index contributed by atoms with van der Waals surface area (Å²) in [7, 11) is 0. The lowest BCUT2D eigenvalue weighted by molar-refractivity contribution is 0.279. The third-order valence-corrected chi connectivity index (χ3v) is 16.6. The molecule has 1 aromatic heterocycles. The van der Waals surface area contributed by atoms with Gasteiger partial charge in [-0.25, -0.2) is 0 Å². The van der Waals surface area contributed by atoms with Gasteiger partial charge in [0.2, 0.25) is 0 Å². The Morgan fingerprint density at radius 3 is 1.45 bits per heavy atom. The Morgan fingerprint density at radius 2 is 0.945 bits per heavy atom. The molecule has 0 radical (unpaired) electrons. The fourth-order valence-electron chi connectivity index (χ4n) is 11.0. The van der Waals surface area contributed by atoms with E-state index >= 15 is 0 Å². The van der Waals surface area contributed by atoms with Crippen LogP contribution in [0.3, 0.4) is 0 Å².